The Bertz CT molecular complexity index is 946. The number of hydrogen-bond acceptors (Lipinski definition) is 5. The molecule has 1 N–H and O–H groups in total. The number of carbonyl (C=O) groups excluding carboxylic acids is 1. The SMILES string of the molecule is COc1cccc(N(CCCC(=O)NC(C)COc2ccccc2C)S(C)(=O)=O)c1. The van der Waals surface area contributed by atoms with E-state index >= 15 is 0 Å². The van der Waals surface area contributed by atoms with Gasteiger partial charge in [-0.3, -0.25) is 9.10 Å². The minimum absolute atomic E-state index is 0.144. The molecule has 2 rings (SSSR count). The van der Waals surface area contributed by atoms with Crippen molar-refractivity contribution in [1.82, 2.24) is 5.32 Å². The van der Waals surface area contributed by atoms with Gasteiger partial charge < -0.3 is 14.8 Å². The number of methoxy groups -OCH3 is 1. The molecule has 0 aliphatic carbocycles. The number of rotatable bonds is 11. The van der Waals surface area contributed by atoms with Gasteiger partial charge >= 0.3 is 0 Å². The number of anilines is 1. The molecule has 7 nitrogen and oxygen atoms in total. The molecule has 8 heteroatoms. The zero-order chi connectivity index (χ0) is 22.1. The first-order valence-electron chi connectivity index (χ1n) is 9.80. The first kappa shape index (κ1) is 23.5. The predicted octanol–water partition coefficient (Wildman–Crippen LogP) is 3.13. The summed E-state index contributed by atoms with van der Waals surface area (Å²) in [7, 11) is -1.96. The summed E-state index contributed by atoms with van der Waals surface area (Å²) in [5.41, 5.74) is 1.55. The molecule has 2 aromatic rings. The fourth-order valence-electron chi connectivity index (χ4n) is 2.96. The molecule has 0 aliphatic heterocycles. The third kappa shape index (κ3) is 7.26. The third-order valence-corrected chi connectivity index (χ3v) is 5.69. The summed E-state index contributed by atoms with van der Waals surface area (Å²) >= 11 is 0. The smallest absolute Gasteiger partial charge is 0.232 e. The maximum atomic E-state index is 12.2. The second-order valence-electron chi connectivity index (χ2n) is 7.19. The molecule has 0 spiro atoms. The Kier molecular flexibility index (Phi) is 8.53. The maximum Gasteiger partial charge on any atom is 0.232 e. The van der Waals surface area contributed by atoms with Crippen LogP contribution in [-0.4, -0.2) is 46.9 Å². The molecule has 1 atom stereocenters. The largest absolute Gasteiger partial charge is 0.497 e. The molecule has 1 unspecified atom stereocenters. The van der Waals surface area contributed by atoms with Crippen molar-refractivity contribution < 1.29 is 22.7 Å². The molecule has 0 fully saturated rings. The van der Waals surface area contributed by atoms with Gasteiger partial charge in [-0.25, -0.2) is 8.42 Å². The first-order valence-corrected chi connectivity index (χ1v) is 11.6. The Labute approximate surface area is 179 Å². The lowest BCUT2D eigenvalue weighted by molar-refractivity contribution is -0.121. The highest BCUT2D eigenvalue weighted by molar-refractivity contribution is 7.92. The average molecular weight is 435 g/mol. The minimum atomic E-state index is -3.48. The van der Waals surface area contributed by atoms with Crippen molar-refractivity contribution in [3.05, 3.63) is 54.1 Å². The Morgan fingerprint density at radius 1 is 1.17 bits per heavy atom. The molecular weight excluding hydrogens is 404 g/mol. The number of sulfonamides is 1. The minimum Gasteiger partial charge on any atom is -0.497 e. The van der Waals surface area contributed by atoms with Crippen LogP contribution in [0, 0.1) is 6.92 Å². The zero-order valence-electron chi connectivity index (χ0n) is 17.9. The van der Waals surface area contributed by atoms with Gasteiger partial charge in [0, 0.05) is 19.0 Å². The maximum absolute atomic E-state index is 12.2. The van der Waals surface area contributed by atoms with E-state index in [2.05, 4.69) is 5.32 Å². The zero-order valence-corrected chi connectivity index (χ0v) is 18.7. The number of benzene rings is 2. The van der Waals surface area contributed by atoms with Crippen molar-refractivity contribution in [1.29, 1.82) is 0 Å². The van der Waals surface area contributed by atoms with Crippen LogP contribution >= 0.6 is 0 Å². The summed E-state index contributed by atoms with van der Waals surface area (Å²) in [4.78, 5) is 12.2. The Morgan fingerprint density at radius 3 is 2.57 bits per heavy atom. The van der Waals surface area contributed by atoms with E-state index in [0.29, 0.717) is 24.5 Å². The Balaban J connectivity index is 1.84. The van der Waals surface area contributed by atoms with Crippen LogP contribution in [-0.2, 0) is 14.8 Å². The molecule has 0 aromatic heterocycles. The molecule has 0 saturated carbocycles. The van der Waals surface area contributed by atoms with Crippen molar-refractivity contribution in [2.24, 2.45) is 0 Å². The molecule has 0 aliphatic rings. The lowest BCUT2D eigenvalue weighted by Gasteiger charge is -2.23. The van der Waals surface area contributed by atoms with Gasteiger partial charge in [-0.1, -0.05) is 24.3 Å². The van der Waals surface area contributed by atoms with Gasteiger partial charge in [0.25, 0.3) is 0 Å². The highest BCUT2D eigenvalue weighted by atomic mass is 32.2. The summed E-state index contributed by atoms with van der Waals surface area (Å²) < 4.78 is 36.6. The summed E-state index contributed by atoms with van der Waals surface area (Å²) in [5.74, 6) is 1.22. The van der Waals surface area contributed by atoms with E-state index in [4.69, 9.17) is 9.47 Å². The van der Waals surface area contributed by atoms with Crippen LogP contribution in [0.3, 0.4) is 0 Å². The molecule has 2 aromatic carbocycles. The average Bonchev–Trinajstić information content (AvgIpc) is 2.69. The van der Waals surface area contributed by atoms with Crippen LogP contribution in [0.1, 0.15) is 25.3 Å². The van der Waals surface area contributed by atoms with E-state index in [-0.39, 0.29) is 24.9 Å². The normalized spacial score (nSPS) is 12.1. The molecule has 1 amide bonds. The summed E-state index contributed by atoms with van der Waals surface area (Å²) in [6.45, 7) is 4.40. The van der Waals surface area contributed by atoms with Gasteiger partial charge in [-0.05, 0) is 44.0 Å². The fourth-order valence-corrected chi connectivity index (χ4v) is 3.91. The van der Waals surface area contributed by atoms with Crippen molar-refractivity contribution in [3.8, 4) is 11.5 Å². The Morgan fingerprint density at radius 2 is 1.90 bits per heavy atom. The number of para-hydroxylation sites is 1. The molecule has 0 radical (unpaired) electrons. The number of ether oxygens (including phenoxy) is 2. The second kappa shape index (κ2) is 10.9. The quantitative estimate of drug-likeness (QED) is 0.587. The van der Waals surface area contributed by atoms with Crippen molar-refractivity contribution >= 4 is 21.6 Å². The molecule has 0 bridgehead atoms. The van der Waals surface area contributed by atoms with Crippen molar-refractivity contribution in [3.63, 3.8) is 0 Å². The van der Waals surface area contributed by atoms with E-state index in [1.54, 1.807) is 24.3 Å². The molecule has 30 heavy (non-hydrogen) atoms. The number of amides is 1. The fraction of sp³-hybridized carbons (Fsp3) is 0.409. The predicted molar refractivity (Wildman–Crippen MR) is 119 cm³/mol. The monoisotopic (exact) mass is 434 g/mol. The van der Waals surface area contributed by atoms with Crippen LogP contribution in [0.2, 0.25) is 0 Å². The number of hydrogen-bond donors (Lipinski definition) is 1. The first-order chi connectivity index (χ1) is 14.2. The van der Waals surface area contributed by atoms with Crippen LogP contribution in [0.4, 0.5) is 5.69 Å². The summed E-state index contributed by atoms with van der Waals surface area (Å²) in [5, 5.41) is 2.89. The number of nitrogens with one attached hydrogen (secondary N) is 1. The van der Waals surface area contributed by atoms with Crippen LogP contribution in [0.15, 0.2) is 48.5 Å². The molecule has 0 saturated heterocycles. The van der Waals surface area contributed by atoms with Crippen LogP contribution in [0.5, 0.6) is 11.5 Å². The van der Waals surface area contributed by atoms with E-state index in [9.17, 15) is 13.2 Å². The van der Waals surface area contributed by atoms with Crippen molar-refractivity contribution in [2.45, 2.75) is 32.7 Å². The molecular formula is C22H30N2O5S. The number of carbonyl (C=O) groups is 1. The molecule has 164 valence electrons. The lowest BCUT2D eigenvalue weighted by atomic mass is 10.2. The number of nitrogens with zero attached hydrogens (tertiary/aromatic N) is 1. The topological polar surface area (TPSA) is 84.9 Å². The van der Waals surface area contributed by atoms with Gasteiger partial charge in [-0.2, -0.15) is 0 Å². The summed E-state index contributed by atoms with van der Waals surface area (Å²) in [6, 6.07) is 14.4. The van der Waals surface area contributed by atoms with E-state index in [1.165, 1.54) is 11.4 Å². The third-order valence-electron chi connectivity index (χ3n) is 4.50. The van der Waals surface area contributed by atoms with Gasteiger partial charge in [0.1, 0.15) is 18.1 Å². The summed E-state index contributed by atoms with van der Waals surface area (Å²) in [6.07, 6.45) is 1.75. The van der Waals surface area contributed by atoms with Gasteiger partial charge in [0.05, 0.1) is 25.1 Å². The van der Waals surface area contributed by atoms with Gasteiger partial charge in [0.2, 0.25) is 15.9 Å². The second-order valence-corrected chi connectivity index (χ2v) is 9.09. The van der Waals surface area contributed by atoms with Crippen LogP contribution < -0.4 is 19.1 Å². The van der Waals surface area contributed by atoms with E-state index in [0.717, 1.165) is 17.6 Å². The lowest BCUT2D eigenvalue weighted by Crippen LogP contribution is -2.37. The van der Waals surface area contributed by atoms with Gasteiger partial charge in [0.15, 0.2) is 0 Å². The van der Waals surface area contributed by atoms with E-state index in [1.807, 2.05) is 38.1 Å². The van der Waals surface area contributed by atoms with E-state index < -0.39 is 10.0 Å². The number of aryl methyl sites for hydroxylation is 1. The van der Waals surface area contributed by atoms with Crippen molar-refractivity contribution in [2.75, 3.05) is 30.8 Å². The Hall–Kier alpha value is -2.74. The standard InChI is InChI=1S/C22H30N2O5S/c1-17-9-5-6-12-21(17)29-16-18(2)23-22(25)13-8-14-24(30(4,26)27)19-10-7-11-20(15-19)28-3/h5-7,9-12,15,18H,8,13-14,16H2,1-4H3,(H,23,25). The van der Waals surface area contributed by atoms with Gasteiger partial charge in [-0.15, -0.1) is 0 Å². The highest BCUT2D eigenvalue weighted by Gasteiger charge is 2.18. The van der Waals surface area contributed by atoms with Crippen LogP contribution in [0.25, 0.3) is 0 Å². The molecule has 0 heterocycles. The highest BCUT2D eigenvalue weighted by Crippen LogP contribution is 2.23.